The second kappa shape index (κ2) is 13.4. The molecule has 2 atom stereocenters. The fraction of sp³-hybridized carbons (Fsp3) is 0.0357. The average Bonchev–Trinajstić information content (AvgIpc) is 3.84. The van der Waals surface area contributed by atoms with Gasteiger partial charge in [-0.25, -0.2) is 0 Å². The number of hydrogen-bond donors (Lipinski definition) is 0. The van der Waals surface area contributed by atoms with Crippen molar-refractivity contribution in [3.05, 3.63) is 223 Å². The van der Waals surface area contributed by atoms with E-state index in [1.54, 1.807) is 0 Å². The van der Waals surface area contributed by atoms with Crippen LogP contribution in [-0.2, 0) is 0 Å². The molecule has 272 valence electrons. The molecule has 0 N–H and O–H groups in total. The first-order chi connectivity index (χ1) is 28.8. The van der Waals surface area contributed by atoms with Gasteiger partial charge in [-0.05, 0) is 108 Å². The van der Waals surface area contributed by atoms with E-state index in [0.717, 1.165) is 0 Å². The molecule has 2 unspecified atom stereocenters. The number of benzene rings is 9. The number of allylic oxidation sites excluding steroid dienone is 3. The van der Waals surface area contributed by atoms with E-state index >= 15 is 0 Å². The SMILES string of the molecule is C1=CC(c2ccc3c(c2)c2ccccc2n3-c2ccc(-c3ccc(-c4c5ccccc5c(-c5ccccc5)c5ccccc45)cc3)cc2)C2Sc3ccccc3C2=C1. The van der Waals surface area contributed by atoms with E-state index in [4.69, 9.17) is 0 Å². The molecule has 0 saturated carbocycles. The van der Waals surface area contributed by atoms with Crippen LogP contribution < -0.4 is 0 Å². The molecule has 0 bridgehead atoms. The first-order valence-corrected chi connectivity index (χ1v) is 21.0. The number of hydrogen-bond acceptors (Lipinski definition) is 1. The predicted octanol–water partition coefficient (Wildman–Crippen LogP) is 15.3. The van der Waals surface area contributed by atoms with Crippen LogP contribution in [0.3, 0.4) is 0 Å². The Hall–Kier alpha value is -6.87. The van der Waals surface area contributed by atoms with Crippen molar-refractivity contribution in [2.75, 3.05) is 0 Å². The first kappa shape index (κ1) is 33.3. The molecule has 1 aliphatic heterocycles. The van der Waals surface area contributed by atoms with Crippen molar-refractivity contribution >= 4 is 60.7 Å². The van der Waals surface area contributed by atoms with Crippen LogP contribution in [0.4, 0.5) is 0 Å². The molecule has 1 aliphatic carbocycles. The Kier molecular flexibility index (Phi) is 7.67. The lowest BCUT2D eigenvalue weighted by Gasteiger charge is -2.24. The molecular formula is C56H37NS. The molecule has 0 amide bonds. The Bertz CT molecular complexity index is 3240. The highest BCUT2D eigenvalue weighted by Crippen LogP contribution is 2.53. The molecule has 0 fully saturated rings. The third kappa shape index (κ3) is 5.19. The number of para-hydroxylation sites is 1. The standard InChI is InChI=1S/C56H37NS/c1-2-13-38(14-3-1)54-45-17-4-6-19-47(45)55(48-20-7-5-18-46(48)54)39-27-25-36(26-28-39)37-29-32-41(33-30-37)57-51-23-10-8-15-43(51)50-35-40(31-34-52(50)57)42-21-12-22-49-44-16-9-11-24-53(44)58-56(42)49/h1-35,42,56H. The first-order valence-electron chi connectivity index (χ1n) is 20.2. The molecule has 1 nitrogen and oxygen atoms in total. The third-order valence-corrected chi connectivity index (χ3v) is 13.8. The highest BCUT2D eigenvalue weighted by Gasteiger charge is 2.35. The summed E-state index contributed by atoms with van der Waals surface area (Å²) >= 11 is 2.01. The predicted molar refractivity (Wildman–Crippen MR) is 248 cm³/mol. The Morgan fingerprint density at radius 1 is 0.414 bits per heavy atom. The molecule has 12 rings (SSSR count). The van der Waals surface area contributed by atoms with Crippen LogP contribution >= 0.6 is 11.8 Å². The fourth-order valence-corrected chi connectivity index (χ4v) is 11.2. The lowest BCUT2D eigenvalue weighted by molar-refractivity contribution is 0.893. The van der Waals surface area contributed by atoms with Gasteiger partial charge in [0.2, 0.25) is 0 Å². The van der Waals surface area contributed by atoms with Gasteiger partial charge in [-0.15, -0.1) is 11.8 Å². The molecule has 1 aromatic heterocycles. The zero-order valence-corrected chi connectivity index (χ0v) is 32.5. The summed E-state index contributed by atoms with van der Waals surface area (Å²) in [6.07, 6.45) is 6.97. The van der Waals surface area contributed by atoms with E-state index in [1.165, 1.54) is 104 Å². The van der Waals surface area contributed by atoms with E-state index in [9.17, 15) is 0 Å². The molecular weight excluding hydrogens is 719 g/mol. The van der Waals surface area contributed by atoms with Crippen molar-refractivity contribution in [2.45, 2.75) is 16.1 Å². The van der Waals surface area contributed by atoms with Gasteiger partial charge in [0.05, 0.1) is 11.0 Å². The minimum absolute atomic E-state index is 0.320. The number of nitrogens with zero attached hydrogens (tertiary/aromatic N) is 1. The van der Waals surface area contributed by atoms with Crippen molar-refractivity contribution in [2.24, 2.45) is 0 Å². The summed E-state index contributed by atoms with van der Waals surface area (Å²) in [5.74, 6) is 0.320. The normalized spacial score (nSPS) is 15.9. The van der Waals surface area contributed by atoms with E-state index < -0.39 is 0 Å². The molecule has 0 spiro atoms. The monoisotopic (exact) mass is 755 g/mol. The summed E-state index contributed by atoms with van der Waals surface area (Å²) in [4.78, 5) is 1.39. The zero-order valence-electron chi connectivity index (χ0n) is 31.7. The fourth-order valence-electron chi connectivity index (χ4n) is 9.74. The molecule has 2 heteroatoms. The summed E-state index contributed by atoms with van der Waals surface area (Å²) in [6.45, 7) is 0. The summed E-state index contributed by atoms with van der Waals surface area (Å²) in [5.41, 5.74) is 15.3. The van der Waals surface area contributed by atoms with Gasteiger partial charge in [0.15, 0.2) is 0 Å². The number of thioether (sulfide) groups is 1. The van der Waals surface area contributed by atoms with Crippen molar-refractivity contribution in [3.8, 4) is 39.1 Å². The van der Waals surface area contributed by atoms with Gasteiger partial charge in [0.1, 0.15) is 0 Å². The maximum absolute atomic E-state index is 2.45. The molecule has 10 aromatic rings. The summed E-state index contributed by atoms with van der Waals surface area (Å²) < 4.78 is 2.43. The van der Waals surface area contributed by atoms with Gasteiger partial charge in [-0.1, -0.05) is 176 Å². The van der Waals surface area contributed by atoms with Gasteiger partial charge in [0, 0.05) is 32.5 Å². The van der Waals surface area contributed by atoms with Crippen LogP contribution in [0.25, 0.3) is 88.0 Å². The molecule has 0 radical (unpaired) electrons. The minimum atomic E-state index is 0.320. The second-order valence-electron chi connectivity index (χ2n) is 15.5. The van der Waals surface area contributed by atoms with Gasteiger partial charge in [-0.3, -0.25) is 0 Å². The molecule has 58 heavy (non-hydrogen) atoms. The highest BCUT2D eigenvalue weighted by molar-refractivity contribution is 8.01. The van der Waals surface area contributed by atoms with Crippen LogP contribution in [0, 0.1) is 0 Å². The molecule has 2 heterocycles. The van der Waals surface area contributed by atoms with Gasteiger partial charge >= 0.3 is 0 Å². The Labute approximate surface area is 342 Å². The van der Waals surface area contributed by atoms with E-state index in [2.05, 4.69) is 217 Å². The van der Waals surface area contributed by atoms with Crippen molar-refractivity contribution in [1.29, 1.82) is 0 Å². The number of rotatable bonds is 5. The van der Waals surface area contributed by atoms with E-state index in [0.29, 0.717) is 11.2 Å². The summed E-state index contributed by atoms with van der Waals surface area (Å²) in [7, 11) is 0. The van der Waals surface area contributed by atoms with Gasteiger partial charge in [0.25, 0.3) is 0 Å². The Balaban J connectivity index is 0.897. The third-order valence-electron chi connectivity index (χ3n) is 12.4. The molecule has 2 aliphatic rings. The number of aromatic nitrogens is 1. The molecule has 0 saturated heterocycles. The quantitative estimate of drug-likeness (QED) is 0.158. The largest absolute Gasteiger partial charge is 0.309 e. The van der Waals surface area contributed by atoms with Gasteiger partial charge < -0.3 is 4.57 Å². The maximum atomic E-state index is 2.45. The Morgan fingerprint density at radius 2 is 0.948 bits per heavy atom. The smallest absolute Gasteiger partial charge is 0.0541 e. The lowest BCUT2D eigenvalue weighted by Crippen LogP contribution is -2.14. The minimum Gasteiger partial charge on any atom is -0.309 e. The maximum Gasteiger partial charge on any atom is 0.0541 e. The van der Waals surface area contributed by atoms with Crippen LogP contribution in [0.2, 0.25) is 0 Å². The van der Waals surface area contributed by atoms with Gasteiger partial charge in [-0.2, -0.15) is 0 Å². The van der Waals surface area contributed by atoms with Crippen LogP contribution in [0.15, 0.2) is 217 Å². The van der Waals surface area contributed by atoms with Crippen molar-refractivity contribution in [3.63, 3.8) is 0 Å². The van der Waals surface area contributed by atoms with Crippen LogP contribution in [-0.4, -0.2) is 9.82 Å². The van der Waals surface area contributed by atoms with Crippen LogP contribution in [0.1, 0.15) is 17.0 Å². The van der Waals surface area contributed by atoms with E-state index in [1.807, 2.05) is 11.8 Å². The second-order valence-corrected chi connectivity index (χ2v) is 16.7. The van der Waals surface area contributed by atoms with Crippen LogP contribution in [0.5, 0.6) is 0 Å². The van der Waals surface area contributed by atoms with Crippen molar-refractivity contribution < 1.29 is 0 Å². The average molecular weight is 756 g/mol. The summed E-state index contributed by atoms with van der Waals surface area (Å²) in [5, 5.41) is 8.08. The van der Waals surface area contributed by atoms with E-state index in [-0.39, 0.29) is 0 Å². The Morgan fingerprint density at radius 3 is 1.64 bits per heavy atom. The zero-order chi connectivity index (χ0) is 38.2. The number of fused-ring (bicyclic) bond motifs is 8. The topological polar surface area (TPSA) is 4.93 Å². The summed E-state index contributed by atoms with van der Waals surface area (Å²) in [6, 6.07) is 71.7. The highest BCUT2D eigenvalue weighted by atomic mass is 32.2. The molecule has 9 aromatic carbocycles. The van der Waals surface area contributed by atoms with Crippen molar-refractivity contribution in [1.82, 2.24) is 4.57 Å². The lowest BCUT2D eigenvalue weighted by atomic mass is 9.85.